The van der Waals surface area contributed by atoms with Crippen LogP contribution in [0.1, 0.15) is 23.3 Å². The highest BCUT2D eigenvalue weighted by atomic mass is 79.9. The lowest BCUT2D eigenvalue weighted by atomic mass is 9.87. The van der Waals surface area contributed by atoms with E-state index in [1.54, 1.807) is 0 Å². The zero-order chi connectivity index (χ0) is 12.8. The first-order valence-corrected chi connectivity index (χ1v) is 7.21. The molecule has 1 spiro atoms. The van der Waals surface area contributed by atoms with Crippen molar-refractivity contribution in [1.82, 2.24) is 14.8 Å². The number of aryl methyl sites for hydroxylation is 1. The van der Waals surface area contributed by atoms with Crippen molar-refractivity contribution in [3.63, 3.8) is 0 Å². The Labute approximate surface area is 115 Å². The molecule has 1 unspecified atom stereocenters. The lowest BCUT2D eigenvalue weighted by molar-refractivity contribution is 0.0766. The number of nitrogens with zero attached hydrogens (tertiary/aromatic N) is 2. The number of aromatic nitrogens is 1. The minimum Gasteiger partial charge on any atom is -0.345 e. The molecule has 3 heterocycles. The van der Waals surface area contributed by atoms with Crippen LogP contribution in [-0.4, -0.2) is 41.6 Å². The summed E-state index contributed by atoms with van der Waals surface area (Å²) in [6.45, 7) is 3.95. The fraction of sp³-hybridized carbons (Fsp3) is 0.615. The number of rotatable bonds is 1. The summed E-state index contributed by atoms with van der Waals surface area (Å²) in [5, 5.41) is 3.42. The summed E-state index contributed by atoms with van der Waals surface area (Å²) in [5.74, 6) is 0.159. The number of likely N-dealkylation sites (tertiary alicyclic amines) is 1. The summed E-state index contributed by atoms with van der Waals surface area (Å²) in [4.78, 5) is 14.5. The van der Waals surface area contributed by atoms with Gasteiger partial charge in [-0.2, -0.15) is 0 Å². The zero-order valence-corrected chi connectivity index (χ0v) is 12.2. The highest BCUT2D eigenvalue weighted by Gasteiger charge is 2.42. The average Bonchev–Trinajstić information content (AvgIpc) is 3.02. The predicted molar refractivity (Wildman–Crippen MR) is 73.6 cm³/mol. The van der Waals surface area contributed by atoms with E-state index in [2.05, 4.69) is 21.2 Å². The van der Waals surface area contributed by atoms with Gasteiger partial charge in [0, 0.05) is 42.8 Å². The highest BCUT2D eigenvalue weighted by Crippen LogP contribution is 2.36. The lowest BCUT2D eigenvalue weighted by Crippen LogP contribution is -2.34. The van der Waals surface area contributed by atoms with Crippen molar-refractivity contribution in [1.29, 1.82) is 0 Å². The Morgan fingerprint density at radius 2 is 2.33 bits per heavy atom. The molecule has 4 nitrogen and oxygen atoms in total. The molecule has 2 saturated heterocycles. The average molecular weight is 312 g/mol. The maximum absolute atomic E-state index is 12.5. The van der Waals surface area contributed by atoms with Crippen LogP contribution in [0.2, 0.25) is 0 Å². The Morgan fingerprint density at radius 1 is 1.50 bits per heavy atom. The lowest BCUT2D eigenvalue weighted by Gasteiger charge is -2.22. The number of hydrogen-bond donors (Lipinski definition) is 1. The summed E-state index contributed by atoms with van der Waals surface area (Å²) in [7, 11) is 1.92. The third kappa shape index (κ3) is 1.99. The van der Waals surface area contributed by atoms with Crippen LogP contribution in [0, 0.1) is 5.41 Å². The van der Waals surface area contributed by atoms with Gasteiger partial charge in [-0.15, -0.1) is 0 Å². The van der Waals surface area contributed by atoms with E-state index >= 15 is 0 Å². The van der Waals surface area contributed by atoms with Gasteiger partial charge in [0.1, 0.15) is 5.69 Å². The third-order valence-corrected chi connectivity index (χ3v) is 4.68. The second kappa shape index (κ2) is 4.38. The molecule has 2 aliphatic heterocycles. The van der Waals surface area contributed by atoms with Crippen molar-refractivity contribution in [2.45, 2.75) is 12.8 Å². The van der Waals surface area contributed by atoms with Crippen LogP contribution in [-0.2, 0) is 7.05 Å². The van der Waals surface area contributed by atoms with Crippen LogP contribution in [0.4, 0.5) is 0 Å². The number of nitrogens with one attached hydrogen (secondary N) is 1. The van der Waals surface area contributed by atoms with E-state index in [0.29, 0.717) is 5.41 Å². The number of amides is 1. The molecule has 0 aromatic carbocycles. The maximum Gasteiger partial charge on any atom is 0.270 e. The van der Waals surface area contributed by atoms with Crippen LogP contribution < -0.4 is 5.32 Å². The summed E-state index contributed by atoms with van der Waals surface area (Å²) in [5.41, 5.74) is 1.11. The third-order valence-electron chi connectivity index (χ3n) is 4.25. The van der Waals surface area contributed by atoms with Gasteiger partial charge < -0.3 is 14.8 Å². The minimum atomic E-state index is 0.159. The van der Waals surface area contributed by atoms with E-state index < -0.39 is 0 Å². The minimum absolute atomic E-state index is 0.159. The van der Waals surface area contributed by atoms with Crippen LogP contribution in [0.15, 0.2) is 16.7 Å². The SMILES string of the molecule is Cn1cc(Br)cc1C(=O)N1CCC2(CCNC2)C1. The Balaban J connectivity index is 1.76. The first-order valence-electron chi connectivity index (χ1n) is 6.42. The van der Waals surface area contributed by atoms with Crippen LogP contribution in [0.5, 0.6) is 0 Å². The molecule has 98 valence electrons. The Hall–Kier alpha value is -0.810. The van der Waals surface area contributed by atoms with E-state index in [0.717, 1.165) is 42.8 Å². The van der Waals surface area contributed by atoms with E-state index in [9.17, 15) is 4.79 Å². The molecule has 2 aliphatic rings. The van der Waals surface area contributed by atoms with Crippen molar-refractivity contribution in [3.05, 3.63) is 22.4 Å². The largest absolute Gasteiger partial charge is 0.345 e. The normalized spacial score (nSPS) is 27.3. The van der Waals surface area contributed by atoms with E-state index in [-0.39, 0.29) is 5.91 Å². The molecule has 1 amide bonds. The van der Waals surface area contributed by atoms with Crippen molar-refractivity contribution in [2.75, 3.05) is 26.2 Å². The molecule has 0 saturated carbocycles. The van der Waals surface area contributed by atoms with Crippen LogP contribution in [0.3, 0.4) is 0 Å². The number of carbonyl (C=O) groups excluding carboxylic acids is 1. The summed E-state index contributed by atoms with van der Waals surface area (Å²) in [6, 6.07) is 1.90. The second-order valence-corrected chi connectivity index (χ2v) is 6.47. The number of halogens is 1. The molecular weight excluding hydrogens is 294 g/mol. The predicted octanol–water partition coefficient (Wildman–Crippen LogP) is 1.61. The van der Waals surface area contributed by atoms with Gasteiger partial charge in [0.2, 0.25) is 0 Å². The summed E-state index contributed by atoms with van der Waals surface area (Å²) < 4.78 is 2.86. The van der Waals surface area contributed by atoms with Gasteiger partial charge >= 0.3 is 0 Å². The molecule has 0 radical (unpaired) electrons. The molecule has 2 fully saturated rings. The van der Waals surface area contributed by atoms with Crippen molar-refractivity contribution < 1.29 is 4.79 Å². The maximum atomic E-state index is 12.5. The topological polar surface area (TPSA) is 37.3 Å². The standard InChI is InChI=1S/C13H18BrN3O/c1-16-7-10(14)6-11(16)12(18)17-5-3-13(9-17)2-4-15-8-13/h6-7,15H,2-5,8-9H2,1H3. The van der Waals surface area contributed by atoms with E-state index in [1.807, 2.05) is 28.8 Å². The van der Waals surface area contributed by atoms with Gasteiger partial charge in [0.05, 0.1) is 0 Å². The molecule has 1 N–H and O–H groups in total. The number of carbonyl (C=O) groups is 1. The molecule has 5 heteroatoms. The van der Waals surface area contributed by atoms with Gasteiger partial charge in [0.15, 0.2) is 0 Å². The number of hydrogen-bond acceptors (Lipinski definition) is 2. The molecule has 3 rings (SSSR count). The first-order chi connectivity index (χ1) is 8.60. The summed E-state index contributed by atoms with van der Waals surface area (Å²) in [6.07, 6.45) is 4.27. The fourth-order valence-electron chi connectivity index (χ4n) is 3.15. The monoisotopic (exact) mass is 311 g/mol. The Kier molecular flexibility index (Phi) is 2.98. The Morgan fingerprint density at radius 3 is 2.94 bits per heavy atom. The Bertz CT molecular complexity index is 477. The second-order valence-electron chi connectivity index (χ2n) is 5.56. The van der Waals surface area contributed by atoms with Crippen molar-refractivity contribution in [3.8, 4) is 0 Å². The van der Waals surface area contributed by atoms with E-state index in [1.165, 1.54) is 6.42 Å². The molecule has 0 bridgehead atoms. The van der Waals surface area contributed by atoms with Crippen molar-refractivity contribution >= 4 is 21.8 Å². The molecule has 18 heavy (non-hydrogen) atoms. The van der Waals surface area contributed by atoms with Crippen LogP contribution in [0.25, 0.3) is 0 Å². The molecular formula is C13H18BrN3O. The molecule has 0 aliphatic carbocycles. The molecule has 1 aromatic rings. The first kappa shape index (κ1) is 12.2. The van der Waals surface area contributed by atoms with Crippen molar-refractivity contribution in [2.24, 2.45) is 12.5 Å². The molecule has 1 aromatic heterocycles. The van der Waals surface area contributed by atoms with Gasteiger partial charge in [-0.05, 0) is 41.4 Å². The van der Waals surface area contributed by atoms with E-state index in [4.69, 9.17) is 0 Å². The molecule has 1 atom stereocenters. The zero-order valence-electron chi connectivity index (χ0n) is 10.6. The summed E-state index contributed by atoms with van der Waals surface area (Å²) >= 11 is 3.42. The van der Waals surface area contributed by atoms with Crippen LogP contribution >= 0.6 is 15.9 Å². The highest BCUT2D eigenvalue weighted by molar-refractivity contribution is 9.10. The van der Waals surface area contributed by atoms with Gasteiger partial charge in [-0.25, -0.2) is 0 Å². The fourth-order valence-corrected chi connectivity index (χ4v) is 3.68. The van der Waals surface area contributed by atoms with Gasteiger partial charge in [-0.1, -0.05) is 0 Å². The smallest absolute Gasteiger partial charge is 0.270 e. The van der Waals surface area contributed by atoms with Gasteiger partial charge in [-0.3, -0.25) is 4.79 Å². The quantitative estimate of drug-likeness (QED) is 0.855. The van der Waals surface area contributed by atoms with Gasteiger partial charge in [0.25, 0.3) is 5.91 Å².